The Morgan fingerprint density at radius 1 is 1.44 bits per heavy atom. The van der Waals surface area contributed by atoms with E-state index in [0.29, 0.717) is 31.9 Å². The summed E-state index contributed by atoms with van der Waals surface area (Å²) in [7, 11) is 0. The zero-order valence-corrected chi connectivity index (χ0v) is 15.2. The van der Waals surface area contributed by atoms with Crippen LogP contribution in [-0.2, 0) is 9.53 Å². The van der Waals surface area contributed by atoms with E-state index in [-0.39, 0.29) is 18.5 Å². The summed E-state index contributed by atoms with van der Waals surface area (Å²) >= 11 is 0. The topological polar surface area (TPSA) is 84.7 Å². The number of hydrogen-bond acceptors (Lipinski definition) is 4. The van der Waals surface area contributed by atoms with Crippen molar-refractivity contribution >= 4 is 11.9 Å². The maximum Gasteiger partial charge on any atom is 0.308 e. The fourth-order valence-corrected chi connectivity index (χ4v) is 3.27. The molecule has 0 bridgehead atoms. The number of carboxylic acid groups (broad SMARTS) is 1. The Bertz CT molecular complexity index is 566. The van der Waals surface area contributed by atoms with Crippen molar-refractivity contribution in [1.29, 1.82) is 0 Å². The molecule has 2 rings (SSSR count). The molecule has 1 amide bonds. The summed E-state index contributed by atoms with van der Waals surface area (Å²) in [5, 5.41) is 13.6. The largest absolute Gasteiger partial charge is 0.481 e. The molecule has 1 aliphatic rings. The highest BCUT2D eigenvalue weighted by molar-refractivity contribution is 5.92. The van der Waals surface area contributed by atoms with Gasteiger partial charge in [-0.25, -0.2) is 0 Å². The fourth-order valence-electron chi connectivity index (χ4n) is 3.27. The number of aliphatic carboxylic acids is 1. The van der Waals surface area contributed by atoms with Crippen molar-refractivity contribution in [1.82, 2.24) is 14.7 Å². The van der Waals surface area contributed by atoms with Gasteiger partial charge in [-0.05, 0) is 32.3 Å². The molecule has 7 heteroatoms. The van der Waals surface area contributed by atoms with E-state index in [4.69, 9.17) is 4.74 Å². The Hall–Kier alpha value is -1.89. The third kappa shape index (κ3) is 5.29. The first-order valence-electron chi connectivity index (χ1n) is 9.18. The van der Waals surface area contributed by atoms with Gasteiger partial charge < -0.3 is 14.7 Å². The molecule has 1 aromatic rings. The fraction of sp³-hybridized carbons (Fsp3) is 0.722. The molecule has 0 saturated heterocycles. The first-order valence-corrected chi connectivity index (χ1v) is 9.18. The number of carbonyl (C=O) groups is 2. The molecule has 0 radical (unpaired) electrons. The summed E-state index contributed by atoms with van der Waals surface area (Å²) in [6.45, 7) is 5.41. The first-order chi connectivity index (χ1) is 12.0. The molecular weight excluding hydrogens is 322 g/mol. The minimum Gasteiger partial charge on any atom is -0.481 e. The van der Waals surface area contributed by atoms with Crippen molar-refractivity contribution in [3.63, 3.8) is 0 Å². The minimum absolute atomic E-state index is 0.144. The van der Waals surface area contributed by atoms with Crippen LogP contribution in [0.3, 0.4) is 0 Å². The average molecular weight is 351 g/mol. The standard InChI is InChI=1S/C18H29N3O4/c1-3-25-12-6-11-20(13-14(2)18(23)24)17(22)16-9-10-19-21(16)15-7-4-5-8-15/h9-10,14-15H,3-8,11-13H2,1-2H3,(H,23,24). The summed E-state index contributed by atoms with van der Waals surface area (Å²) in [4.78, 5) is 25.9. The van der Waals surface area contributed by atoms with Crippen molar-refractivity contribution in [3.05, 3.63) is 18.0 Å². The molecule has 25 heavy (non-hydrogen) atoms. The third-order valence-corrected chi connectivity index (χ3v) is 4.68. The van der Waals surface area contributed by atoms with Gasteiger partial charge in [-0.15, -0.1) is 0 Å². The third-order valence-electron chi connectivity index (χ3n) is 4.68. The van der Waals surface area contributed by atoms with Gasteiger partial charge in [0, 0.05) is 32.5 Å². The van der Waals surface area contributed by atoms with Crippen LogP contribution < -0.4 is 0 Å². The van der Waals surface area contributed by atoms with E-state index < -0.39 is 11.9 Å². The van der Waals surface area contributed by atoms with Gasteiger partial charge in [-0.3, -0.25) is 14.3 Å². The van der Waals surface area contributed by atoms with E-state index in [2.05, 4.69) is 5.10 Å². The SMILES string of the molecule is CCOCCCN(CC(C)C(=O)O)C(=O)c1ccnn1C1CCCC1. The molecule has 1 heterocycles. The van der Waals surface area contributed by atoms with Gasteiger partial charge in [0.15, 0.2) is 0 Å². The quantitative estimate of drug-likeness (QED) is 0.655. The molecule has 1 saturated carbocycles. The molecular formula is C18H29N3O4. The lowest BCUT2D eigenvalue weighted by atomic mass is 10.1. The lowest BCUT2D eigenvalue weighted by Gasteiger charge is -2.25. The van der Waals surface area contributed by atoms with Gasteiger partial charge in [0.05, 0.1) is 12.0 Å². The van der Waals surface area contributed by atoms with Crippen LogP contribution in [0.15, 0.2) is 12.3 Å². The molecule has 0 aromatic carbocycles. The predicted molar refractivity (Wildman–Crippen MR) is 93.5 cm³/mol. The normalized spacial score (nSPS) is 16.1. The second-order valence-corrected chi connectivity index (χ2v) is 6.64. The highest BCUT2D eigenvalue weighted by Gasteiger charge is 2.27. The molecule has 7 nitrogen and oxygen atoms in total. The van der Waals surface area contributed by atoms with E-state index in [0.717, 1.165) is 25.7 Å². The number of amides is 1. The maximum atomic E-state index is 13.0. The Kier molecular flexibility index (Phi) is 7.43. The number of carbonyl (C=O) groups excluding carboxylic acids is 1. The van der Waals surface area contributed by atoms with Gasteiger partial charge in [0.2, 0.25) is 0 Å². The van der Waals surface area contributed by atoms with E-state index in [9.17, 15) is 14.7 Å². The number of hydrogen-bond donors (Lipinski definition) is 1. The van der Waals surface area contributed by atoms with Gasteiger partial charge in [-0.1, -0.05) is 19.8 Å². The van der Waals surface area contributed by atoms with Crippen LogP contribution in [0.2, 0.25) is 0 Å². The van der Waals surface area contributed by atoms with Crippen LogP contribution in [0.1, 0.15) is 62.5 Å². The van der Waals surface area contributed by atoms with Crippen LogP contribution >= 0.6 is 0 Å². The minimum atomic E-state index is -0.896. The first kappa shape index (κ1) is 19.4. The van der Waals surface area contributed by atoms with Gasteiger partial charge >= 0.3 is 5.97 Å². The van der Waals surface area contributed by atoms with Crippen LogP contribution in [0, 0.1) is 5.92 Å². The zero-order chi connectivity index (χ0) is 18.2. The number of nitrogens with zero attached hydrogens (tertiary/aromatic N) is 3. The second kappa shape index (κ2) is 9.56. The van der Waals surface area contributed by atoms with Crippen LogP contribution in [0.5, 0.6) is 0 Å². The molecule has 0 aliphatic heterocycles. The van der Waals surface area contributed by atoms with Crippen molar-refractivity contribution in [2.24, 2.45) is 5.92 Å². The van der Waals surface area contributed by atoms with E-state index >= 15 is 0 Å². The van der Waals surface area contributed by atoms with Crippen molar-refractivity contribution in [3.8, 4) is 0 Å². The number of carboxylic acids is 1. The van der Waals surface area contributed by atoms with E-state index in [1.807, 2.05) is 11.6 Å². The van der Waals surface area contributed by atoms with Crippen LogP contribution in [0.4, 0.5) is 0 Å². The average Bonchev–Trinajstić information content (AvgIpc) is 3.27. The Labute approximate surface area is 148 Å². The molecule has 1 atom stereocenters. The van der Waals surface area contributed by atoms with Crippen LogP contribution in [-0.4, -0.2) is 58.0 Å². The Morgan fingerprint density at radius 2 is 2.16 bits per heavy atom. The molecule has 1 unspecified atom stereocenters. The lowest BCUT2D eigenvalue weighted by Crippen LogP contribution is -2.39. The van der Waals surface area contributed by atoms with Crippen molar-refractivity contribution in [2.75, 3.05) is 26.3 Å². The number of rotatable bonds is 10. The number of ether oxygens (including phenoxy) is 1. The second-order valence-electron chi connectivity index (χ2n) is 6.64. The maximum absolute atomic E-state index is 13.0. The van der Waals surface area contributed by atoms with Gasteiger partial charge in [0.1, 0.15) is 5.69 Å². The van der Waals surface area contributed by atoms with Crippen molar-refractivity contribution < 1.29 is 19.4 Å². The molecule has 1 aromatic heterocycles. The lowest BCUT2D eigenvalue weighted by molar-refractivity contribution is -0.141. The molecule has 1 fully saturated rings. The molecule has 0 spiro atoms. The highest BCUT2D eigenvalue weighted by Crippen LogP contribution is 2.30. The summed E-state index contributed by atoms with van der Waals surface area (Å²) < 4.78 is 7.17. The van der Waals surface area contributed by atoms with Crippen LogP contribution in [0.25, 0.3) is 0 Å². The Balaban J connectivity index is 2.10. The van der Waals surface area contributed by atoms with Gasteiger partial charge in [-0.2, -0.15) is 5.10 Å². The molecule has 140 valence electrons. The predicted octanol–water partition coefficient (Wildman–Crippen LogP) is 2.59. The van der Waals surface area contributed by atoms with E-state index in [1.165, 1.54) is 0 Å². The van der Waals surface area contributed by atoms with Gasteiger partial charge in [0.25, 0.3) is 5.91 Å². The zero-order valence-electron chi connectivity index (χ0n) is 15.2. The van der Waals surface area contributed by atoms with Crippen molar-refractivity contribution in [2.45, 2.75) is 52.0 Å². The van der Waals surface area contributed by atoms with E-state index in [1.54, 1.807) is 24.1 Å². The highest BCUT2D eigenvalue weighted by atomic mass is 16.5. The summed E-state index contributed by atoms with van der Waals surface area (Å²) in [5.41, 5.74) is 0.556. The monoisotopic (exact) mass is 351 g/mol. The smallest absolute Gasteiger partial charge is 0.308 e. The Morgan fingerprint density at radius 3 is 2.80 bits per heavy atom. The summed E-state index contributed by atoms with van der Waals surface area (Å²) in [6, 6.07) is 2.01. The molecule has 1 N–H and O–H groups in total. The molecule has 1 aliphatic carbocycles. The summed E-state index contributed by atoms with van der Waals surface area (Å²) in [6.07, 6.45) is 6.74. The number of aromatic nitrogens is 2. The summed E-state index contributed by atoms with van der Waals surface area (Å²) in [5.74, 6) is -1.65.